The molecule has 2 bridgehead atoms. The van der Waals surface area contributed by atoms with Crippen LogP contribution in [0.5, 0.6) is 11.5 Å². The lowest BCUT2D eigenvalue weighted by Crippen LogP contribution is -2.43. The Morgan fingerprint density at radius 3 is 2.49 bits per heavy atom. The number of fused-ring (bicyclic) bond motifs is 9. The number of rotatable bonds is 7. The van der Waals surface area contributed by atoms with Crippen LogP contribution in [0.25, 0.3) is 0 Å². The topological polar surface area (TPSA) is 118 Å². The van der Waals surface area contributed by atoms with Gasteiger partial charge in [-0.25, -0.2) is 0 Å². The first-order valence-electron chi connectivity index (χ1n) is 16.2. The van der Waals surface area contributed by atoms with Gasteiger partial charge in [-0.2, -0.15) is 13.2 Å². The summed E-state index contributed by atoms with van der Waals surface area (Å²) in [5.41, 5.74) is -0.151. The van der Waals surface area contributed by atoms with Crippen molar-refractivity contribution in [3.05, 3.63) is 68.1 Å². The average Bonchev–Trinajstić information content (AvgIpc) is 3.83. The number of anilines is 1. The van der Waals surface area contributed by atoms with E-state index >= 15 is 0 Å². The molecule has 0 unspecified atom stereocenters. The third-order valence-electron chi connectivity index (χ3n) is 10.5. The molecular formula is C34H32F3N3O7S2. The van der Waals surface area contributed by atoms with E-state index in [0.717, 1.165) is 43.8 Å². The molecule has 3 aromatic rings. The summed E-state index contributed by atoms with van der Waals surface area (Å²) in [6.07, 6.45) is -3.99. The molecule has 2 saturated carbocycles. The van der Waals surface area contributed by atoms with Crippen LogP contribution in [0.4, 0.5) is 18.9 Å². The molecule has 4 heterocycles. The molecule has 2 aromatic carbocycles. The first-order valence-corrected chi connectivity index (χ1v) is 17.9. The van der Waals surface area contributed by atoms with Crippen LogP contribution in [0.3, 0.4) is 0 Å². The number of thiazole rings is 1. The van der Waals surface area contributed by atoms with E-state index in [4.69, 9.17) is 14.2 Å². The molecule has 1 N–H and O–H groups in total. The minimum Gasteiger partial charge on any atom is -0.490 e. The smallest absolute Gasteiger partial charge is 0.416 e. The van der Waals surface area contributed by atoms with Crippen LogP contribution in [0.2, 0.25) is 0 Å². The maximum Gasteiger partial charge on any atom is 0.416 e. The van der Waals surface area contributed by atoms with Crippen molar-refractivity contribution < 1.29 is 41.8 Å². The molecule has 0 spiro atoms. The molecule has 8 rings (SSSR count). The van der Waals surface area contributed by atoms with Crippen molar-refractivity contribution in [3.8, 4) is 11.5 Å². The van der Waals surface area contributed by atoms with Crippen LogP contribution in [0.1, 0.15) is 35.3 Å². The number of hydrogen-bond acceptors (Lipinski definition) is 9. The van der Waals surface area contributed by atoms with E-state index in [1.165, 1.54) is 23.9 Å². The number of amides is 3. The Morgan fingerprint density at radius 2 is 1.76 bits per heavy atom. The van der Waals surface area contributed by atoms with E-state index in [1.807, 2.05) is 19.1 Å². The molecule has 2 saturated heterocycles. The summed E-state index contributed by atoms with van der Waals surface area (Å²) in [4.78, 5) is 59.6. The molecule has 258 valence electrons. The van der Waals surface area contributed by atoms with Crippen LogP contribution >= 0.6 is 23.1 Å². The fraction of sp³-hybridized carbons (Fsp3) is 0.471. The molecule has 4 fully saturated rings. The summed E-state index contributed by atoms with van der Waals surface area (Å²) in [7, 11) is 0. The van der Waals surface area contributed by atoms with Gasteiger partial charge in [0.2, 0.25) is 11.8 Å². The van der Waals surface area contributed by atoms with Gasteiger partial charge in [0.15, 0.2) is 18.1 Å². The number of morpholine rings is 1. The lowest BCUT2D eigenvalue weighted by molar-refractivity contribution is -0.138. The predicted octanol–water partition coefficient (Wildman–Crippen LogP) is 4.77. The van der Waals surface area contributed by atoms with E-state index in [-0.39, 0.29) is 52.0 Å². The predicted molar refractivity (Wildman–Crippen MR) is 173 cm³/mol. The molecule has 3 aliphatic heterocycles. The summed E-state index contributed by atoms with van der Waals surface area (Å²) >= 11 is 2.64. The summed E-state index contributed by atoms with van der Waals surface area (Å²) in [6.45, 7) is 3.97. The fourth-order valence-electron chi connectivity index (χ4n) is 8.62. The number of thioether (sulfide) groups is 1. The maximum absolute atomic E-state index is 14.0. The van der Waals surface area contributed by atoms with E-state index < -0.39 is 35.4 Å². The lowest BCUT2D eigenvalue weighted by Gasteiger charge is -2.43. The SMILES string of the molecule is CCOc1cc([C@@H]2c3sc(=O)[nH]c3S[C@@H]3[C@@H]4C[C@@H]([C@@H]5C(=O)N(c6cccc(C(F)(F)F)c6)C(=O)[C@@H]45)[C@H]23)ccc1OCC(=O)N1CCOCC1. The second kappa shape index (κ2) is 12.2. The standard InChI is InChI=1S/C34H32F3N3O7S2/c1-2-46-22-12-16(6-7-21(22)47-15-23(41)39-8-10-45-11-9-39)24-25-19-14-20(28(25)48-30-29(24)49-33(44)38-30)27-26(19)31(42)40(32(27)43)18-5-3-4-17(13-18)34(35,36)37/h3-7,12-13,19-20,24-28H,2,8-11,14-15H2,1H3,(H,38,44)/t19-,20-,24+,25-,26+,27+,28-/m1/s1. The molecule has 5 aliphatic rings. The molecule has 15 heteroatoms. The van der Waals surface area contributed by atoms with Crippen molar-refractivity contribution in [2.24, 2.45) is 29.6 Å². The summed E-state index contributed by atoms with van der Waals surface area (Å²) in [5.74, 6) is -2.43. The number of aromatic nitrogens is 1. The number of hydrogen-bond donors (Lipinski definition) is 1. The van der Waals surface area contributed by atoms with Crippen LogP contribution in [0, 0.1) is 29.6 Å². The average molecular weight is 716 g/mol. The number of halogens is 3. The molecule has 0 radical (unpaired) electrons. The van der Waals surface area contributed by atoms with Gasteiger partial charge in [0.1, 0.15) is 0 Å². The summed E-state index contributed by atoms with van der Waals surface area (Å²) in [6, 6.07) is 9.88. The monoisotopic (exact) mass is 715 g/mol. The normalized spacial score (nSPS) is 28.8. The highest BCUT2D eigenvalue weighted by Crippen LogP contribution is 2.69. The Balaban J connectivity index is 1.12. The molecule has 2 aliphatic carbocycles. The molecule has 7 atom stereocenters. The van der Waals surface area contributed by atoms with Crippen molar-refractivity contribution in [3.63, 3.8) is 0 Å². The number of carbonyl (C=O) groups excluding carboxylic acids is 3. The Morgan fingerprint density at radius 1 is 1.00 bits per heavy atom. The first-order chi connectivity index (χ1) is 23.5. The van der Waals surface area contributed by atoms with Gasteiger partial charge in [-0.15, -0.1) is 11.8 Å². The number of benzene rings is 2. The van der Waals surface area contributed by atoms with Gasteiger partial charge in [0, 0.05) is 29.1 Å². The third-order valence-corrected chi connectivity index (χ3v) is 13.1. The largest absolute Gasteiger partial charge is 0.490 e. The lowest BCUT2D eigenvalue weighted by atomic mass is 9.68. The quantitative estimate of drug-likeness (QED) is 0.348. The van der Waals surface area contributed by atoms with Crippen molar-refractivity contribution >= 4 is 46.5 Å². The number of nitrogens with one attached hydrogen (secondary N) is 1. The van der Waals surface area contributed by atoms with Gasteiger partial charge in [0.25, 0.3) is 5.91 Å². The van der Waals surface area contributed by atoms with E-state index in [0.29, 0.717) is 50.8 Å². The van der Waals surface area contributed by atoms with Crippen molar-refractivity contribution in [2.75, 3.05) is 44.4 Å². The van der Waals surface area contributed by atoms with E-state index in [1.54, 1.807) is 11.0 Å². The van der Waals surface area contributed by atoms with Gasteiger partial charge >= 0.3 is 11.0 Å². The molecular weight excluding hydrogens is 684 g/mol. The fourth-order valence-corrected chi connectivity index (χ4v) is 11.5. The maximum atomic E-state index is 14.0. The van der Waals surface area contributed by atoms with E-state index in [2.05, 4.69) is 4.98 Å². The number of carbonyl (C=O) groups is 3. The van der Waals surface area contributed by atoms with Gasteiger partial charge in [-0.1, -0.05) is 23.5 Å². The zero-order valence-corrected chi connectivity index (χ0v) is 27.9. The van der Waals surface area contributed by atoms with Gasteiger partial charge < -0.3 is 24.1 Å². The van der Waals surface area contributed by atoms with Crippen molar-refractivity contribution in [2.45, 2.75) is 35.7 Å². The Kier molecular flexibility index (Phi) is 8.06. The molecule has 3 amide bonds. The minimum absolute atomic E-state index is 0.0710. The van der Waals surface area contributed by atoms with Gasteiger partial charge in [-0.05, 0) is 67.0 Å². The highest BCUT2D eigenvalue weighted by atomic mass is 32.2. The Hall–Kier alpha value is -3.82. The minimum atomic E-state index is -4.62. The molecule has 10 nitrogen and oxygen atoms in total. The third kappa shape index (κ3) is 5.35. The summed E-state index contributed by atoms with van der Waals surface area (Å²) < 4.78 is 57.9. The first kappa shape index (κ1) is 32.4. The summed E-state index contributed by atoms with van der Waals surface area (Å²) in [5, 5.41) is 0.621. The zero-order valence-electron chi connectivity index (χ0n) is 26.2. The zero-order chi connectivity index (χ0) is 34.2. The Bertz CT molecular complexity index is 1890. The number of aromatic amines is 1. The van der Waals surface area contributed by atoms with Gasteiger partial charge in [-0.3, -0.25) is 24.1 Å². The number of ether oxygens (including phenoxy) is 3. The van der Waals surface area contributed by atoms with Crippen molar-refractivity contribution in [1.29, 1.82) is 0 Å². The molecule has 49 heavy (non-hydrogen) atoms. The highest BCUT2D eigenvalue weighted by Gasteiger charge is 2.69. The second-order valence-corrected chi connectivity index (χ2v) is 15.1. The van der Waals surface area contributed by atoms with E-state index in [9.17, 15) is 32.3 Å². The van der Waals surface area contributed by atoms with Crippen molar-refractivity contribution in [1.82, 2.24) is 9.88 Å². The number of alkyl halides is 3. The van der Waals surface area contributed by atoms with Crippen LogP contribution in [-0.2, 0) is 25.3 Å². The van der Waals surface area contributed by atoms with Crippen LogP contribution in [0.15, 0.2) is 52.3 Å². The number of H-pyrrole nitrogens is 1. The molecule has 1 aromatic heterocycles. The van der Waals surface area contributed by atoms with Crippen LogP contribution < -0.4 is 19.2 Å². The Labute approximate surface area is 286 Å². The number of nitrogens with zero attached hydrogens (tertiary/aromatic N) is 2. The van der Waals surface area contributed by atoms with Crippen LogP contribution in [-0.4, -0.2) is 72.4 Å². The number of imide groups is 1. The highest BCUT2D eigenvalue weighted by molar-refractivity contribution is 8.00. The second-order valence-electron chi connectivity index (χ2n) is 12.9. The van der Waals surface area contributed by atoms with Gasteiger partial charge in [0.05, 0.1) is 47.9 Å².